The number of aromatic amines is 1. The number of nitrogens with one attached hydrogen (secondary N) is 1. The first-order valence-electron chi connectivity index (χ1n) is 9.65. The first-order chi connectivity index (χ1) is 13.7. The quantitative estimate of drug-likeness (QED) is 0.448. The van der Waals surface area contributed by atoms with Crippen molar-refractivity contribution in [3.63, 3.8) is 0 Å². The van der Waals surface area contributed by atoms with Crippen molar-refractivity contribution in [3.8, 4) is 11.4 Å². The maximum Gasteiger partial charge on any atom is 0.192 e. The first kappa shape index (κ1) is 21.0. The summed E-state index contributed by atoms with van der Waals surface area (Å²) in [6, 6.07) is 8.14. The van der Waals surface area contributed by atoms with Gasteiger partial charge in [0.2, 0.25) is 0 Å². The van der Waals surface area contributed by atoms with Crippen LogP contribution in [0.2, 0.25) is 0 Å². The number of hydrogen-bond acceptors (Lipinski definition) is 5. The van der Waals surface area contributed by atoms with E-state index in [0.717, 1.165) is 22.6 Å². The molecule has 1 N–H and O–H groups in total. The van der Waals surface area contributed by atoms with Crippen LogP contribution in [0.4, 0.5) is 0 Å². The van der Waals surface area contributed by atoms with Gasteiger partial charge in [-0.2, -0.15) is 0 Å². The summed E-state index contributed by atoms with van der Waals surface area (Å²) in [5.41, 5.74) is 4.70. The smallest absolute Gasteiger partial charge is 0.192 e. The third kappa shape index (κ3) is 4.05. The molecule has 0 amide bonds. The number of hydrogen-bond donors (Lipinski definition) is 1. The number of aromatic nitrogens is 4. The van der Waals surface area contributed by atoms with Crippen LogP contribution in [0.15, 0.2) is 29.4 Å². The van der Waals surface area contributed by atoms with Crippen LogP contribution >= 0.6 is 11.8 Å². The van der Waals surface area contributed by atoms with E-state index in [1.165, 1.54) is 18.7 Å². The highest BCUT2D eigenvalue weighted by Gasteiger charge is 2.26. The Balaban J connectivity index is 1.88. The van der Waals surface area contributed by atoms with Gasteiger partial charge < -0.3 is 9.55 Å². The molecule has 0 saturated carbocycles. The summed E-state index contributed by atoms with van der Waals surface area (Å²) in [6.07, 6.45) is 0. The van der Waals surface area contributed by atoms with E-state index < -0.39 is 0 Å². The van der Waals surface area contributed by atoms with E-state index >= 15 is 0 Å². The number of carbonyl (C=O) groups excluding carboxylic acids is 2. The minimum atomic E-state index is -0.369. The van der Waals surface area contributed by atoms with Crippen LogP contribution in [0.1, 0.15) is 58.4 Å². The van der Waals surface area contributed by atoms with E-state index in [9.17, 15) is 9.59 Å². The molecule has 2 heterocycles. The van der Waals surface area contributed by atoms with Crippen molar-refractivity contribution < 1.29 is 9.59 Å². The van der Waals surface area contributed by atoms with E-state index in [0.29, 0.717) is 28.5 Å². The van der Waals surface area contributed by atoms with E-state index in [1.54, 1.807) is 0 Å². The number of nitrogens with zero attached hydrogens (tertiary/aromatic N) is 3. The molecular weight excluding hydrogens is 384 g/mol. The van der Waals surface area contributed by atoms with E-state index in [2.05, 4.69) is 21.2 Å². The predicted octanol–water partition coefficient (Wildman–Crippen LogP) is 4.78. The van der Waals surface area contributed by atoms with Gasteiger partial charge in [0.15, 0.2) is 22.5 Å². The standard InChI is InChI=1S/C22H26N4O2S/c1-7-26-21(17-10-8-9-12(2)11-17)24-25-22(26)29-16(6)20(28)19-13(3)18(15(5)27)14(4)23-19/h8-11,16,23H,7H2,1-6H3. The number of aryl methyl sites for hydroxylation is 2. The molecule has 0 bridgehead atoms. The SMILES string of the molecule is CCn1c(SC(C)C(=O)c2[nH]c(C)c(C(C)=O)c2C)nnc1-c1cccc(C)c1. The van der Waals surface area contributed by atoms with Crippen LogP contribution < -0.4 is 0 Å². The zero-order valence-corrected chi connectivity index (χ0v) is 18.5. The normalized spacial score (nSPS) is 12.2. The Hall–Kier alpha value is -2.67. The molecule has 6 nitrogen and oxygen atoms in total. The molecule has 3 rings (SSSR count). The van der Waals surface area contributed by atoms with Gasteiger partial charge in [-0.15, -0.1) is 10.2 Å². The van der Waals surface area contributed by atoms with E-state index in [1.807, 2.05) is 57.4 Å². The number of Topliss-reactive ketones (excluding diaryl/α,β-unsaturated/α-hetero) is 2. The van der Waals surface area contributed by atoms with Crippen molar-refractivity contribution >= 4 is 23.3 Å². The molecule has 0 aliphatic carbocycles. The fourth-order valence-electron chi connectivity index (χ4n) is 3.60. The van der Waals surface area contributed by atoms with Crippen molar-refractivity contribution in [2.75, 3.05) is 0 Å². The molecule has 1 unspecified atom stereocenters. The van der Waals surface area contributed by atoms with Crippen LogP contribution in [-0.4, -0.2) is 36.6 Å². The van der Waals surface area contributed by atoms with Crippen molar-refractivity contribution in [1.29, 1.82) is 0 Å². The van der Waals surface area contributed by atoms with Crippen LogP contribution in [-0.2, 0) is 6.54 Å². The predicted molar refractivity (Wildman–Crippen MR) is 116 cm³/mol. The summed E-state index contributed by atoms with van der Waals surface area (Å²) in [6.45, 7) is 11.8. The van der Waals surface area contributed by atoms with Gasteiger partial charge in [-0.05, 0) is 53.2 Å². The van der Waals surface area contributed by atoms with Crippen molar-refractivity contribution in [2.45, 2.75) is 58.5 Å². The topological polar surface area (TPSA) is 80.6 Å². The lowest BCUT2D eigenvalue weighted by atomic mass is 10.0. The van der Waals surface area contributed by atoms with Crippen LogP contribution in [0.3, 0.4) is 0 Å². The average molecular weight is 411 g/mol. The minimum Gasteiger partial charge on any atom is -0.355 e. The largest absolute Gasteiger partial charge is 0.355 e. The summed E-state index contributed by atoms with van der Waals surface area (Å²) < 4.78 is 2.02. The zero-order valence-electron chi connectivity index (χ0n) is 17.7. The molecule has 1 aromatic carbocycles. The monoisotopic (exact) mass is 410 g/mol. The Kier molecular flexibility index (Phi) is 6.07. The number of thioether (sulfide) groups is 1. The fourth-order valence-corrected chi connectivity index (χ4v) is 4.57. The summed E-state index contributed by atoms with van der Waals surface area (Å²) >= 11 is 1.38. The van der Waals surface area contributed by atoms with Crippen LogP contribution in [0, 0.1) is 20.8 Å². The Morgan fingerprint density at radius 1 is 1.21 bits per heavy atom. The molecule has 0 radical (unpaired) electrons. The fraction of sp³-hybridized carbons (Fsp3) is 0.364. The number of H-pyrrole nitrogens is 1. The number of rotatable bonds is 7. The van der Waals surface area contributed by atoms with Crippen LogP contribution in [0.5, 0.6) is 0 Å². The molecule has 2 aromatic heterocycles. The maximum atomic E-state index is 13.1. The molecule has 0 saturated heterocycles. The summed E-state index contributed by atoms with van der Waals surface area (Å²) in [5, 5.41) is 9.05. The van der Waals surface area contributed by atoms with E-state index in [-0.39, 0.29) is 16.8 Å². The van der Waals surface area contributed by atoms with Gasteiger partial charge >= 0.3 is 0 Å². The second-order valence-electron chi connectivity index (χ2n) is 7.23. The number of benzene rings is 1. The van der Waals surface area contributed by atoms with E-state index in [4.69, 9.17) is 0 Å². The lowest BCUT2D eigenvalue weighted by molar-refractivity contribution is 0.0988. The molecule has 0 aliphatic heterocycles. The number of ketones is 2. The summed E-state index contributed by atoms with van der Waals surface area (Å²) in [5.74, 6) is 0.708. The summed E-state index contributed by atoms with van der Waals surface area (Å²) in [7, 11) is 0. The average Bonchev–Trinajstić information content (AvgIpc) is 3.20. The molecule has 7 heteroatoms. The second kappa shape index (κ2) is 8.37. The maximum absolute atomic E-state index is 13.1. The lowest BCUT2D eigenvalue weighted by Crippen LogP contribution is -2.16. The molecule has 3 aromatic rings. The van der Waals surface area contributed by atoms with Gasteiger partial charge in [-0.25, -0.2) is 0 Å². The number of carbonyl (C=O) groups is 2. The first-order valence-corrected chi connectivity index (χ1v) is 10.5. The van der Waals surface area contributed by atoms with Crippen molar-refractivity contribution in [3.05, 3.63) is 52.3 Å². The van der Waals surface area contributed by atoms with Gasteiger partial charge in [-0.1, -0.05) is 35.5 Å². The minimum absolute atomic E-state index is 0.0378. The molecule has 0 fully saturated rings. The lowest BCUT2D eigenvalue weighted by Gasteiger charge is -2.12. The second-order valence-corrected chi connectivity index (χ2v) is 8.53. The molecule has 0 aliphatic rings. The highest BCUT2D eigenvalue weighted by Crippen LogP contribution is 2.30. The third-order valence-electron chi connectivity index (χ3n) is 5.00. The molecule has 0 spiro atoms. The van der Waals surface area contributed by atoms with Gasteiger partial charge in [-0.3, -0.25) is 9.59 Å². The third-order valence-corrected chi connectivity index (χ3v) is 6.08. The molecule has 29 heavy (non-hydrogen) atoms. The van der Waals surface area contributed by atoms with Gasteiger partial charge in [0, 0.05) is 23.4 Å². The zero-order chi connectivity index (χ0) is 21.3. The molecule has 152 valence electrons. The highest BCUT2D eigenvalue weighted by molar-refractivity contribution is 8.00. The highest BCUT2D eigenvalue weighted by atomic mass is 32.2. The summed E-state index contributed by atoms with van der Waals surface area (Å²) in [4.78, 5) is 28.0. The Labute approximate surface area is 175 Å². The van der Waals surface area contributed by atoms with Gasteiger partial charge in [0.05, 0.1) is 10.9 Å². The Morgan fingerprint density at radius 2 is 1.93 bits per heavy atom. The Bertz CT molecular complexity index is 1080. The van der Waals surface area contributed by atoms with Crippen molar-refractivity contribution in [2.24, 2.45) is 0 Å². The van der Waals surface area contributed by atoms with Crippen LogP contribution in [0.25, 0.3) is 11.4 Å². The molecule has 1 atom stereocenters. The van der Waals surface area contributed by atoms with Gasteiger partial charge in [0.1, 0.15) is 0 Å². The Morgan fingerprint density at radius 3 is 2.52 bits per heavy atom. The van der Waals surface area contributed by atoms with Gasteiger partial charge in [0.25, 0.3) is 0 Å². The van der Waals surface area contributed by atoms with Crippen molar-refractivity contribution in [1.82, 2.24) is 19.7 Å². The molecular formula is C22H26N4O2S.